The van der Waals surface area contributed by atoms with Crippen molar-refractivity contribution in [3.8, 4) is 0 Å². The van der Waals surface area contributed by atoms with Gasteiger partial charge in [0.1, 0.15) is 5.82 Å². The van der Waals surface area contributed by atoms with E-state index in [0.717, 1.165) is 77.8 Å². The zero-order chi connectivity index (χ0) is 20.5. The van der Waals surface area contributed by atoms with Crippen LogP contribution in [-0.2, 0) is 4.74 Å². The predicted molar refractivity (Wildman–Crippen MR) is 116 cm³/mol. The standard InChI is InChI=1S/C21H33ClFN5O/c1-2-24-21(25-8-11-27-12-14-29-15-13-27)26-16-19(28-9-3-4-10-28)20-17(22)6-5-7-18(20)23/h5-7,19H,2-4,8-16H2,1H3,(H2,24,25,26). The van der Waals surface area contributed by atoms with E-state index in [9.17, 15) is 4.39 Å². The molecule has 3 rings (SSSR count). The molecule has 2 saturated heterocycles. The van der Waals surface area contributed by atoms with Crippen molar-refractivity contribution >= 4 is 17.6 Å². The highest BCUT2D eigenvalue weighted by Gasteiger charge is 2.27. The van der Waals surface area contributed by atoms with E-state index in [2.05, 4.69) is 20.4 Å². The van der Waals surface area contributed by atoms with Crippen molar-refractivity contribution in [1.82, 2.24) is 20.4 Å². The highest BCUT2D eigenvalue weighted by atomic mass is 35.5. The Morgan fingerprint density at radius 1 is 1.21 bits per heavy atom. The van der Waals surface area contributed by atoms with Gasteiger partial charge in [0.25, 0.3) is 0 Å². The van der Waals surface area contributed by atoms with Crippen LogP contribution in [0.2, 0.25) is 5.02 Å². The molecular weight excluding hydrogens is 393 g/mol. The average molecular weight is 426 g/mol. The molecule has 1 unspecified atom stereocenters. The Balaban J connectivity index is 1.66. The summed E-state index contributed by atoms with van der Waals surface area (Å²) in [6.07, 6.45) is 2.26. The Kier molecular flexibility index (Phi) is 8.98. The van der Waals surface area contributed by atoms with Gasteiger partial charge < -0.3 is 15.4 Å². The maximum Gasteiger partial charge on any atom is 0.191 e. The molecule has 0 amide bonds. The van der Waals surface area contributed by atoms with Gasteiger partial charge in [-0.05, 0) is 45.0 Å². The Bertz CT molecular complexity index is 642. The number of nitrogens with zero attached hydrogens (tertiary/aromatic N) is 3. The van der Waals surface area contributed by atoms with Crippen LogP contribution < -0.4 is 10.6 Å². The van der Waals surface area contributed by atoms with Crippen molar-refractivity contribution in [3.63, 3.8) is 0 Å². The van der Waals surface area contributed by atoms with E-state index in [1.54, 1.807) is 12.1 Å². The van der Waals surface area contributed by atoms with Crippen molar-refractivity contribution in [2.75, 3.05) is 65.6 Å². The molecule has 2 N–H and O–H groups in total. The van der Waals surface area contributed by atoms with Crippen LogP contribution in [0.4, 0.5) is 4.39 Å². The monoisotopic (exact) mass is 425 g/mol. The van der Waals surface area contributed by atoms with Crippen LogP contribution >= 0.6 is 11.6 Å². The van der Waals surface area contributed by atoms with Crippen molar-refractivity contribution in [2.24, 2.45) is 4.99 Å². The number of nitrogens with one attached hydrogen (secondary N) is 2. The summed E-state index contributed by atoms with van der Waals surface area (Å²) in [7, 11) is 0. The molecule has 2 fully saturated rings. The summed E-state index contributed by atoms with van der Waals surface area (Å²) in [6, 6.07) is 4.75. The van der Waals surface area contributed by atoms with Crippen LogP contribution in [0.3, 0.4) is 0 Å². The van der Waals surface area contributed by atoms with E-state index < -0.39 is 0 Å². The summed E-state index contributed by atoms with van der Waals surface area (Å²) >= 11 is 6.39. The number of guanidine groups is 1. The normalized spacial score (nSPS) is 20.0. The number of hydrogen-bond acceptors (Lipinski definition) is 4. The molecule has 2 heterocycles. The molecule has 0 bridgehead atoms. The Morgan fingerprint density at radius 3 is 2.66 bits per heavy atom. The van der Waals surface area contributed by atoms with Crippen LogP contribution in [0.15, 0.2) is 23.2 Å². The lowest BCUT2D eigenvalue weighted by Crippen LogP contribution is -2.44. The third kappa shape index (κ3) is 6.54. The van der Waals surface area contributed by atoms with Crippen LogP contribution in [0.5, 0.6) is 0 Å². The lowest BCUT2D eigenvalue weighted by Gasteiger charge is -2.28. The molecule has 6 nitrogen and oxygen atoms in total. The first-order valence-corrected chi connectivity index (χ1v) is 11.1. The molecule has 0 aromatic heterocycles. The van der Waals surface area contributed by atoms with Gasteiger partial charge in [0.15, 0.2) is 5.96 Å². The molecule has 1 aromatic carbocycles. The van der Waals surface area contributed by atoms with Crippen LogP contribution in [0, 0.1) is 5.82 Å². The number of benzene rings is 1. The lowest BCUT2D eigenvalue weighted by atomic mass is 10.0. The topological polar surface area (TPSA) is 52.1 Å². The van der Waals surface area contributed by atoms with Gasteiger partial charge >= 0.3 is 0 Å². The van der Waals surface area contributed by atoms with Crippen molar-refractivity contribution < 1.29 is 9.13 Å². The van der Waals surface area contributed by atoms with Gasteiger partial charge in [-0.1, -0.05) is 17.7 Å². The summed E-state index contributed by atoms with van der Waals surface area (Å²) < 4.78 is 20.0. The summed E-state index contributed by atoms with van der Waals surface area (Å²) in [5, 5.41) is 7.18. The first kappa shape index (κ1) is 22.3. The van der Waals surface area contributed by atoms with Gasteiger partial charge in [-0.25, -0.2) is 4.39 Å². The summed E-state index contributed by atoms with van der Waals surface area (Å²) in [5.41, 5.74) is 0.559. The van der Waals surface area contributed by atoms with Gasteiger partial charge in [0.05, 0.1) is 25.8 Å². The number of halogens is 2. The molecule has 29 heavy (non-hydrogen) atoms. The third-order valence-corrected chi connectivity index (χ3v) is 5.83. The highest BCUT2D eigenvalue weighted by Crippen LogP contribution is 2.32. The SMILES string of the molecule is CCNC(=NCC(c1c(F)cccc1Cl)N1CCCC1)NCCN1CCOCC1. The molecule has 8 heteroatoms. The van der Waals surface area contributed by atoms with E-state index in [1.165, 1.54) is 6.07 Å². The minimum Gasteiger partial charge on any atom is -0.379 e. The molecule has 1 atom stereocenters. The lowest BCUT2D eigenvalue weighted by molar-refractivity contribution is 0.0389. The van der Waals surface area contributed by atoms with Gasteiger partial charge in [-0.2, -0.15) is 0 Å². The van der Waals surface area contributed by atoms with Crippen LogP contribution in [-0.4, -0.2) is 81.3 Å². The number of hydrogen-bond donors (Lipinski definition) is 2. The van der Waals surface area contributed by atoms with Gasteiger partial charge in [0.2, 0.25) is 0 Å². The molecule has 1 aromatic rings. The number of likely N-dealkylation sites (tertiary alicyclic amines) is 1. The van der Waals surface area contributed by atoms with Gasteiger partial charge in [-0.3, -0.25) is 14.8 Å². The summed E-state index contributed by atoms with van der Waals surface area (Å²) in [6.45, 7) is 10.5. The Labute approximate surface area is 178 Å². The van der Waals surface area contributed by atoms with E-state index in [4.69, 9.17) is 21.3 Å². The minimum absolute atomic E-state index is 0.152. The highest BCUT2D eigenvalue weighted by molar-refractivity contribution is 6.31. The first-order valence-electron chi connectivity index (χ1n) is 10.7. The summed E-state index contributed by atoms with van der Waals surface area (Å²) in [4.78, 5) is 9.46. The maximum atomic E-state index is 14.6. The second-order valence-corrected chi connectivity index (χ2v) is 7.90. The van der Waals surface area contributed by atoms with Crippen LogP contribution in [0.25, 0.3) is 0 Å². The fraction of sp³-hybridized carbons (Fsp3) is 0.667. The molecule has 2 aliphatic rings. The minimum atomic E-state index is -0.255. The van der Waals surface area contributed by atoms with Crippen LogP contribution in [0.1, 0.15) is 31.4 Å². The molecule has 162 valence electrons. The number of morpholine rings is 1. The number of ether oxygens (including phenoxy) is 1. The van der Waals surface area contributed by atoms with E-state index >= 15 is 0 Å². The molecule has 2 aliphatic heterocycles. The fourth-order valence-electron chi connectivity index (χ4n) is 3.95. The Hall–Kier alpha value is -1.41. The third-order valence-electron chi connectivity index (χ3n) is 5.51. The summed E-state index contributed by atoms with van der Waals surface area (Å²) in [5.74, 6) is 0.507. The Morgan fingerprint density at radius 2 is 1.97 bits per heavy atom. The average Bonchev–Trinajstić information content (AvgIpc) is 3.25. The maximum absolute atomic E-state index is 14.6. The molecule has 0 spiro atoms. The number of aliphatic imine (C=N–C) groups is 1. The predicted octanol–water partition coefficient (Wildman–Crippen LogP) is 2.50. The quantitative estimate of drug-likeness (QED) is 0.495. The van der Waals surface area contributed by atoms with Crippen molar-refractivity contribution in [1.29, 1.82) is 0 Å². The second kappa shape index (κ2) is 11.7. The molecule has 0 aliphatic carbocycles. The second-order valence-electron chi connectivity index (χ2n) is 7.49. The van der Waals surface area contributed by atoms with E-state index in [0.29, 0.717) is 17.1 Å². The zero-order valence-electron chi connectivity index (χ0n) is 17.3. The zero-order valence-corrected chi connectivity index (χ0v) is 18.1. The first-order chi connectivity index (χ1) is 14.2. The molecule has 0 radical (unpaired) electrons. The number of rotatable bonds is 8. The van der Waals surface area contributed by atoms with Gasteiger partial charge in [-0.15, -0.1) is 0 Å². The van der Waals surface area contributed by atoms with Gasteiger partial charge in [0, 0.05) is 43.3 Å². The van der Waals surface area contributed by atoms with E-state index in [1.807, 2.05) is 6.92 Å². The molecule has 0 saturated carbocycles. The van der Waals surface area contributed by atoms with Crippen molar-refractivity contribution in [3.05, 3.63) is 34.6 Å². The largest absolute Gasteiger partial charge is 0.379 e. The van der Waals surface area contributed by atoms with E-state index in [-0.39, 0.29) is 11.9 Å². The molecular formula is C21H33ClFN5O. The smallest absolute Gasteiger partial charge is 0.191 e. The van der Waals surface area contributed by atoms with Crippen molar-refractivity contribution in [2.45, 2.75) is 25.8 Å². The fourth-order valence-corrected chi connectivity index (χ4v) is 4.24.